The van der Waals surface area contributed by atoms with Gasteiger partial charge >= 0.3 is 0 Å². The van der Waals surface area contributed by atoms with Crippen LogP contribution in [0, 0.1) is 6.92 Å². The number of anilines is 2. The van der Waals surface area contributed by atoms with Crippen LogP contribution in [0.15, 0.2) is 27.6 Å². The van der Waals surface area contributed by atoms with Gasteiger partial charge in [0.25, 0.3) is 0 Å². The molecule has 5 N–H and O–H groups in total. The number of rotatable bonds is 4. The molecule has 0 spiro atoms. The number of primary sulfonamides is 1. The topological polar surface area (TPSA) is 137 Å². The average molecular weight is 283 g/mol. The summed E-state index contributed by atoms with van der Waals surface area (Å²) >= 11 is 0. The predicted octanol–water partition coefficient (Wildman–Crippen LogP) is 0.220. The highest BCUT2D eigenvalue weighted by molar-refractivity contribution is 7.89. The molecule has 0 aliphatic rings. The van der Waals surface area contributed by atoms with Gasteiger partial charge < -0.3 is 15.6 Å². The first-order valence-electron chi connectivity index (χ1n) is 5.31. The lowest BCUT2D eigenvalue weighted by atomic mass is 10.3. The van der Waals surface area contributed by atoms with Crippen LogP contribution in [0.2, 0.25) is 0 Å². The molecule has 0 radical (unpaired) electrons. The van der Waals surface area contributed by atoms with Crippen molar-refractivity contribution in [3.05, 3.63) is 29.9 Å². The molecular weight excluding hydrogens is 270 g/mol. The van der Waals surface area contributed by atoms with E-state index >= 15 is 0 Å². The number of hydrogen-bond donors (Lipinski definition) is 3. The quantitative estimate of drug-likeness (QED) is 0.682. The monoisotopic (exact) mass is 283 g/mol. The summed E-state index contributed by atoms with van der Waals surface area (Å²) in [5.41, 5.74) is 6.34. The second-order valence-electron chi connectivity index (χ2n) is 3.88. The first-order valence-corrected chi connectivity index (χ1v) is 6.86. The van der Waals surface area contributed by atoms with Crippen LogP contribution in [0.25, 0.3) is 0 Å². The van der Waals surface area contributed by atoms with Crippen molar-refractivity contribution in [3.8, 4) is 0 Å². The van der Waals surface area contributed by atoms with Gasteiger partial charge in [-0.15, -0.1) is 0 Å². The van der Waals surface area contributed by atoms with Crippen LogP contribution >= 0.6 is 0 Å². The Kier molecular flexibility index (Phi) is 3.40. The van der Waals surface area contributed by atoms with Crippen molar-refractivity contribution in [2.24, 2.45) is 5.14 Å². The molecule has 102 valence electrons. The summed E-state index contributed by atoms with van der Waals surface area (Å²) in [6, 6.07) is 4.38. The number of nitrogen functional groups attached to an aromatic ring is 1. The number of aromatic nitrogens is 2. The molecule has 0 amide bonds. The lowest BCUT2D eigenvalue weighted by Crippen LogP contribution is -2.14. The van der Waals surface area contributed by atoms with E-state index in [9.17, 15) is 8.42 Å². The first-order chi connectivity index (χ1) is 8.86. The van der Waals surface area contributed by atoms with Crippen molar-refractivity contribution in [1.82, 2.24) is 10.1 Å². The van der Waals surface area contributed by atoms with E-state index in [0.29, 0.717) is 23.9 Å². The summed E-state index contributed by atoms with van der Waals surface area (Å²) in [4.78, 5) is 3.91. The smallest absolute Gasteiger partial charge is 0.240 e. The molecule has 1 heterocycles. The van der Waals surface area contributed by atoms with Crippen molar-refractivity contribution >= 4 is 21.4 Å². The van der Waals surface area contributed by atoms with E-state index in [1.54, 1.807) is 13.0 Å². The normalized spacial score (nSPS) is 11.5. The molecule has 0 aliphatic heterocycles. The van der Waals surface area contributed by atoms with Crippen molar-refractivity contribution in [2.45, 2.75) is 18.4 Å². The summed E-state index contributed by atoms with van der Waals surface area (Å²) in [5, 5.41) is 11.7. The fraction of sp³-hybridized carbons (Fsp3) is 0.200. The van der Waals surface area contributed by atoms with Crippen LogP contribution in [0.5, 0.6) is 0 Å². The second kappa shape index (κ2) is 4.86. The maximum Gasteiger partial charge on any atom is 0.240 e. The minimum absolute atomic E-state index is 0.0804. The van der Waals surface area contributed by atoms with E-state index in [4.69, 9.17) is 15.4 Å². The molecular formula is C10H13N5O3S. The fourth-order valence-electron chi connectivity index (χ4n) is 1.51. The third-order valence-corrected chi connectivity index (χ3v) is 3.32. The van der Waals surface area contributed by atoms with Crippen LogP contribution in [-0.2, 0) is 16.6 Å². The number of benzene rings is 1. The van der Waals surface area contributed by atoms with Crippen molar-refractivity contribution in [1.29, 1.82) is 0 Å². The summed E-state index contributed by atoms with van der Waals surface area (Å²) in [6.07, 6.45) is 0. The van der Waals surface area contributed by atoms with Gasteiger partial charge in [-0.1, -0.05) is 5.16 Å². The van der Waals surface area contributed by atoms with E-state index in [1.165, 1.54) is 12.1 Å². The SMILES string of the molecule is Cc1nc(CNc2ccc(S(N)(=O)=O)c(N)c2)no1. The number of sulfonamides is 1. The zero-order chi connectivity index (χ0) is 14.0. The minimum atomic E-state index is -3.81. The summed E-state index contributed by atoms with van der Waals surface area (Å²) < 4.78 is 27.2. The van der Waals surface area contributed by atoms with Gasteiger partial charge in [-0.2, -0.15) is 4.98 Å². The molecule has 8 nitrogen and oxygen atoms in total. The van der Waals surface area contributed by atoms with Crippen molar-refractivity contribution in [2.75, 3.05) is 11.1 Å². The van der Waals surface area contributed by atoms with Gasteiger partial charge in [0.05, 0.1) is 12.2 Å². The Balaban J connectivity index is 2.12. The van der Waals surface area contributed by atoms with Gasteiger partial charge in [-0.3, -0.25) is 0 Å². The number of nitrogens with two attached hydrogens (primary N) is 2. The largest absolute Gasteiger partial charge is 0.398 e. The van der Waals surface area contributed by atoms with Gasteiger partial charge in [-0.05, 0) is 18.2 Å². The summed E-state index contributed by atoms with van der Waals surface area (Å²) in [5.74, 6) is 0.965. The minimum Gasteiger partial charge on any atom is -0.398 e. The summed E-state index contributed by atoms with van der Waals surface area (Å²) in [6.45, 7) is 2.03. The van der Waals surface area contributed by atoms with E-state index in [1.807, 2.05) is 0 Å². The molecule has 0 bridgehead atoms. The number of hydrogen-bond acceptors (Lipinski definition) is 7. The molecule has 1 aromatic heterocycles. The molecule has 2 rings (SSSR count). The van der Waals surface area contributed by atoms with E-state index in [0.717, 1.165) is 0 Å². The molecule has 9 heteroatoms. The average Bonchev–Trinajstić information content (AvgIpc) is 2.71. The Bertz CT molecular complexity index is 695. The standard InChI is InChI=1S/C10H13N5O3S/c1-6-14-10(15-18-6)5-13-7-2-3-9(8(11)4-7)19(12,16)17/h2-4,13H,5,11H2,1H3,(H2,12,16,17). The molecule has 0 aliphatic carbocycles. The van der Waals surface area contributed by atoms with Crippen LogP contribution in [0.3, 0.4) is 0 Å². The zero-order valence-electron chi connectivity index (χ0n) is 10.1. The number of aryl methyl sites for hydroxylation is 1. The van der Waals surface area contributed by atoms with Crippen molar-refractivity contribution < 1.29 is 12.9 Å². The molecule has 1 aromatic carbocycles. The van der Waals surface area contributed by atoms with Crippen molar-refractivity contribution in [3.63, 3.8) is 0 Å². The molecule has 0 fully saturated rings. The molecule has 0 atom stereocenters. The highest BCUT2D eigenvalue weighted by atomic mass is 32.2. The van der Waals surface area contributed by atoms with Crippen LogP contribution < -0.4 is 16.2 Å². The second-order valence-corrected chi connectivity index (χ2v) is 5.41. The van der Waals surface area contributed by atoms with Gasteiger partial charge in [0.2, 0.25) is 15.9 Å². The lowest BCUT2D eigenvalue weighted by Gasteiger charge is -2.07. The third-order valence-electron chi connectivity index (χ3n) is 2.34. The molecule has 0 saturated carbocycles. The molecule has 0 unspecified atom stereocenters. The summed E-state index contributed by atoms with van der Waals surface area (Å²) in [7, 11) is -3.81. The Hall–Kier alpha value is -2.13. The van der Waals surface area contributed by atoms with Gasteiger partial charge in [0.15, 0.2) is 5.82 Å². The van der Waals surface area contributed by atoms with E-state index in [2.05, 4.69) is 15.5 Å². The van der Waals surface area contributed by atoms with Gasteiger partial charge in [0, 0.05) is 12.6 Å². The lowest BCUT2D eigenvalue weighted by molar-refractivity contribution is 0.388. The zero-order valence-corrected chi connectivity index (χ0v) is 10.9. The highest BCUT2D eigenvalue weighted by Crippen LogP contribution is 2.21. The first kappa shape index (κ1) is 13.3. The molecule has 2 aromatic rings. The molecule has 0 saturated heterocycles. The Morgan fingerprint density at radius 1 is 1.42 bits per heavy atom. The van der Waals surface area contributed by atoms with Crippen LogP contribution in [0.1, 0.15) is 11.7 Å². The molecule has 19 heavy (non-hydrogen) atoms. The Morgan fingerprint density at radius 2 is 2.16 bits per heavy atom. The maximum absolute atomic E-state index is 11.2. The maximum atomic E-state index is 11.2. The van der Waals surface area contributed by atoms with Crippen LogP contribution in [-0.4, -0.2) is 18.6 Å². The highest BCUT2D eigenvalue weighted by Gasteiger charge is 2.12. The van der Waals surface area contributed by atoms with Gasteiger partial charge in [-0.25, -0.2) is 13.6 Å². The van der Waals surface area contributed by atoms with E-state index < -0.39 is 10.0 Å². The van der Waals surface area contributed by atoms with E-state index in [-0.39, 0.29) is 10.6 Å². The fourth-order valence-corrected chi connectivity index (χ4v) is 2.16. The van der Waals surface area contributed by atoms with Crippen LogP contribution in [0.4, 0.5) is 11.4 Å². The number of nitrogens with zero attached hydrogens (tertiary/aromatic N) is 2. The Labute approximate surface area is 109 Å². The number of nitrogens with one attached hydrogen (secondary N) is 1. The van der Waals surface area contributed by atoms with Gasteiger partial charge in [0.1, 0.15) is 4.90 Å². The predicted molar refractivity (Wildman–Crippen MR) is 68.6 cm³/mol. The Morgan fingerprint density at radius 3 is 2.68 bits per heavy atom. The third kappa shape index (κ3) is 3.20.